The zero-order valence-electron chi connectivity index (χ0n) is 21.8. The average molecular weight is 461 g/mol. The number of nitrogens with zero attached hydrogens (tertiary/aromatic N) is 1. The fourth-order valence-corrected chi connectivity index (χ4v) is 5.84. The quantitative estimate of drug-likeness (QED) is 0.0967. The van der Waals surface area contributed by atoms with Gasteiger partial charge in [-0.15, -0.1) is 0 Å². The molecule has 1 aliphatic rings. The van der Waals surface area contributed by atoms with E-state index >= 15 is 0 Å². The van der Waals surface area contributed by atoms with E-state index in [-0.39, 0.29) is 7.18 Å². The lowest BCUT2D eigenvalue weighted by Crippen LogP contribution is -2.46. The Bertz CT molecular complexity index is 507. The molecule has 1 saturated heterocycles. The Hall–Kier alpha value is -0.130. The Morgan fingerprint density at radius 2 is 0.968 bits per heavy atom. The Labute approximate surface area is 196 Å². The summed E-state index contributed by atoms with van der Waals surface area (Å²) in [6.45, 7) is 7.11. The molecule has 0 saturated carbocycles. The van der Waals surface area contributed by atoms with Crippen LogP contribution in [0.3, 0.4) is 0 Å². The van der Waals surface area contributed by atoms with Gasteiger partial charge in [0.1, 0.15) is 0 Å². The minimum absolute atomic E-state index is 0. The van der Waals surface area contributed by atoms with E-state index in [1.54, 1.807) is 0 Å². The van der Waals surface area contributed by atoms with Gasteiger partial charge >= 0.3 is 1.43 Å². The van der Waals surface area contributed by atoms with Crippen molar-refractivity contribution in [1.82, 2.24) is 0 Å². The summed E-state index contributed by atoms with van der Waals surface area (Å²) >= 11 is 0. The lowest BCUT2D eigenvalue weighted by molar-refractivity contribution is -0.917. The maximum Gasteiger partial charge on any atom is 1.00 e. The van der Waals surface area contributed by atoms with Gasteiger partial charge in [-0.25, -0.2) is 8.42 Å². The van der Waals surface area contributed by atoms with Gasteiger partial charge in [-0.3, -0.25) is 0 Å². The van der Waals surface area contributed by atoms with Crippen molar-refractivity contribution < 1.29 is 18.9 Å². The summed E-state index contributed by atoms with van der Waals surface area (Å²) in [5, 5.41) is 0. The summed E-state index contributed by atoms with van der Waals surface area (Å²) < 4.78 is 33.5. The molecule has 1 rings (SSSR count). The summed E-state index contributed by atoms with van der Waals surface area (Å²) in [5.74, 6) is -0.188. The van der Waals surface area contributed by atoms with E-state index < -0.39 is 10.1 Å². The van der Waals surface area contributed by atoms with Gasteiger partial charge in [0.2, 0.25) is 0 Å². The molecule has 186 valence electrons. The minimum atomic E-state index is -4.04. The Morgan fingerprint density at radius 1 is 0.613 bits per heavy atom. The number of unbranched alkanes of at least 4 members (excludes halogenated alkanes) is 16. The van der Waals surface area contributed by atoms with Crippen molar-refractivity contribution in [3.63, 3.8) is 0 Å². The van der Waals surface area contributed by atoms with Crippen LogP contribution in [-0.2, 0) is 10.1 Å². The zero-order chi connectivity index (χ0) is 22.7. The number of rotatable bonds is 22. The summed E-state index contributed by atoms with van der Waals surface area (Å²) in [4.78, 5) is 0. The predicted octanol–water partition coefficient (Wildman–Crippen LogP) is 7.30. The molecule has 0 unspecified atom stereocenters. The Balaban J connectivity index is 0.00000961. The van der Waals surface area contributed by atoms with Crippen molar-refractivity contribution in [2.24, 2.45) is 0 Å². The van der Waals surface area contributed by atoms with Crippen LogP contribution in [-0.4, -0.2) is 49.4 Å². The lowest BCUT2D eigenvalue weighted by Gasteiger charge is -2.34. The predicted molar refractivity (Wildman–Crippen MR) is 133 cm³/mol. The van der Waals surface area contributed by atoms with E-state index in [4.69, 9.17) is 0 Å². The van der Waals surface area contributed by atoms with Gasteiger partial charge in [0.25, 0.3) is 0 Å². The van der Waals surface area contributed by atoms with Gasteiger partial charge in [-0.1, -0.05) is 96.8 Å². The first-order valence-corrected chi connectivity index (χ1v) is 15.3. The van der Waals surface area contributed by atoms with E-state index in [0.717, 1.165) is 13.0 Å². The molecule has 0 aromatic rings. The molecule has 4 nitrogen and oxygen atoms in total. The van der Waals surface area contributed by atoms with Gasteiger partial charge in [0.15, 0.2) is 0 Å². The van der Waals surface area contributed by atoms with Crippen LogP contribution in [0.5, 0.6) is 0 Å². The normalized spacial score (nSPS) is 16.2. The molecule has 1 aliphatic heterocycles. The van der Waals surface area contributed by atoms with Crippen LogP contribution in [0.1, 0.15) is 137 Å². The van der Waals surface area contributed by atoms with E-state index in [1.165, 1.54) is 140 Å². The summed E-state index contributed by atoms with van der Waals surface area (Å²) in [6.07, 6.45) is 26.5. The van der Waals surface area contributed by atoms with Crippen LogP contribution in [0.2, 0.25) is 0 Å². The monoisotopic (exact) mass is 460 g/mol. The van der Waals surface area contributed by atoms with E-state index in [0.29, 0.717) is 6.42 Å². The van der Waals surface area contributed by atoms with Gasteiger partial charge in [-0.2, -0.15) is 0 Å². The van der Waals surface area contributed by atoms with Gasteiger partial charge < -0.3 is 9.04 Å². The van der Waals surface area contributed by atoms with Crippen molar-refractivity contribution in [3.8, 4) is 0 Å². The molecule has 1 heterocycles. The number of hydrogen-bond donors (Lipinski definition) is 0. The average Bonchev–Trinajstić information content (AvgIpc) is 3.19. The third-order valence-corrected chi connectivity index (χ3v) is 8.07. The molecule has 0 atom stereocenters. The maximum atomic E-state index is 10.8. The van der Waals surface area contributed by atoms with Crippen molar-refractivity contribution in [2.45, 2.75) is 135 Å². The fraction of sp³-hybridized carbons (Fsp3) is 1.00. The van der Waals surface area contributed by atoms with E-state index in [1.807, 2.05) is 0 Å². The van der Waals surface area contributed by atoms with Crippen LogP contribution < -0.4 is 0 Å². The van der Waals surface area contributed by atoms with E-state index in [2.05, 4.69) is 6.92 Å². The molecule has 5 heteroatoms. The second-order valence-corrected chi connectivity index (χ2v) is 11.7. The van der Waals surface area contributed by atoms with Crippen molar-refractivity contribution in [1.29, 1.82) is 0 Å². The standard InChI is InChI=1S/C26H53NO3S/c1-2-3-4-5-6-7-8-9-10-11-12-13-14-15-16-17-22-27(23-18-19-24-27)25-20-21-26-31(28,29)30/h2-26H2,1H3/p+1. The Kier molecular flexibility index (Phi) is 17.1. The molecule has 0 aromatic carbocycles. The van der Waals surface area contributed by atoms with Gasteiger partial charge in [0, 0.05) is 18.6 Å². The molecular formula is C26H54NO3S+. The van der Waals surface area contributed by atoms with Crippen molar-refractivity contribution >= 4 is 10.1 Å². The summed E-state index contributed by atoms with van der Waals surface area (Å²) in [7, 11) is -4.04. The van der Waals surface area contributed by atoms with Crippen molar-refractivity contribution in [3.05, 3.63) is 0 Å². The molecular weight excluding hydrogens is 406 g/mol. The molecule has 0 aliphatic carbocycles. The highest BCUT2D eigenvalue weighted by molar-refractivity contribution is 7.85. The first-order chi connectivity index (χ1) is 15.0. The van der Waals surface area contributed by atoms with Crippen LogP contribution >= 0.6 is 0 Å². The fourth-order valence-electron chi connectivity index (χ4n) is 5.29. The van der Waals surface area contributed by atoms with Crippen LogP contribution in [0.4, 0.5) is 0 Å². The van der Waals surface area contributed by atoms with Crippen LogP contribution in [0.15, 0.2) is 0 Å². The first kappa shape index (κ1) is 28.9. The second-order valence-electron chi connectivity index (χ2n) is 10.2. The smallest absolute Gasteiger partial charge is 0.748 e. The van der Waals surface area contributed by atoms with Crippen LogP contribution in [0.25, 0.3) is 0 Å². The Morgan fingerprint density at radius 3 is 1.35 bits per heavy atom. The topological polar surface area (TPSA) is 57.2 Å². The van der Waals surface area contributed by atoms with Crippen molar-refractivity contribution in [2.75, 3.05) is 31.9 Å². The molecule has 0 spiro atoms. The van der Waals surface area contributed by atoms with Gasteiger partial charge in [-0.05, 0) is 25.7 Å². The SMILES string of the molecule is CCCCCCCCCCCCCCCCCC[N+]1(CCCCS(=O)(=O)[O-])CCCC1.[H+]. The molecule has 0 bridgehead atoms. The highest BCUT2D eigenvalue weighted by Crippen LogP contribution is 2.22. The summed E-state index contributed by atoms with van der Waals surface area (Å²) in [6, 6.07) is 0. The zero-order valence-corrected chi connectivity index (χ0v) is 21.6. The van der Waals surface area contributed by atoms with Crippen LogP contribution in [0, 0.1) is 0 Å². The number of hydrogen-bond acceptors (Lipinski definition) is 3. The third-order valence-electron chi connectivity index (χ3n) is 7.28. The third kappa shape index (κ3) is 17.1. The number of likely N-dealkylation sites (tertiary alicyclic amines) is 1. The van der Waals surface area contributed by atoms with Gasteiger partial charge in [0.05, 0.1) is 36.3 Å². The molecule has 1 fully saturated rings. The molecule has 0 radical (unpaired) electrons. The molecule has 0 aromatic heterocycles. The molecule has 0 amide bonds. The maximum absolute atomic E-state index is 10.8. The van der Waals surface area contributed by atoms with E-state index in [9.17, 15) is 13.0 Å². The molecule has 0 N–H and O–H groups in total. The second kappa shape index (κ2) is 18.3. The molecule has 31 heavy (non-hydrogen) atoms. The minimum Gasteiger partial charge on any atom is -0.748 e. The summed E-state index contributed by atoms with van der Waals surface area (Å²) in [5.41, 5.74) is 0. The highest BCUT2D eigenvalue weighted by Gasteiger charge is 2.30. The largest absolute Gasteiger partial charge is 1.00 e. The lowest BCUT2D eigenvalue weighted by atomic mass is 10.0. The number of quaternary nitrogens is 1. The first-order valence-electron chi connectivity index (χ1n) is 13.8. The highest BCUT2D eigenvalue weighted by atomic mass is 32.2.